The molecule has 0 atom stereocenters. The molecule has 0 amide bonds. The lowest BCUT2D eigenvalue weighted by Crippen LogP contribution is -2.29. The van der Waals surface area contributed by atoms with Crippen molar-refractivity contribution in [2.24, 2.45) is 0 Å². The van der Waals surface area contributed by atoms with Crippen LogP contribution in [-0.4, -0.2) is 11.8 Å². The molecule has 17 heavy (non-hydrogen) atoms. The summed E-state index contributed by atoms with van der Waals surface area (Å²) in [6.07, 6.45) is 2.24. The molecule has 0 spiro atoms. The molecule has 1 N–H and O–H groups in total. The van der Waals surface area contributed by atoms with E-state index in [1.54, 1.807) is 0 Å². The molecular weight excluding hydrogens is 214 g/mol. The van der Waals surface area contributed by atoms with E-state index in [0.717, 1.165) is 30.0 Å². The lowest BCUT2D eigenvalue weighted by Gasteiger charge is -2.16. The molecule has 0 aromatic heterocycles. The van der Waals surface area contributed by atoms with Gasteiger partial charge in [0.2, 0.25) is 5.79 Å². The van der Waals surface area contributed by atoms with Crippen LogP contribution in [-0.2, 0) is 0 Å². The minimum absolute atomic E-state index is 0.517. The van der Waals surface area contributed by atoms with Crippen molar-refractivity contribution in [3.05, 3.63) is 18.2 Å². The smallest absolute Gasteiger partial charge is 0.246 e. The second-order valence-electron chi connectivity index (χ2n) is 4.92. The lowest BCUT2D eigenvalue weighted by molar-refractivity contribution is -0.0431. The quantitative estimate of drug-likeness (QED) is 0.861. The minimum atomic E-state index is -0.546. The van der Waals surface area contributed by atoms with Crippen molar-refractivity contribution in [2.45, 2.75) is 52.4 Å². The monoisotopic (exact) mass is 235 g/mol. The maximum atomic E-state index is 5.72. The van der Waals surface area contributed by atoms with Gasteiger partial charge in [0.15, 0.2) is 11.5 Å². The molecule has 1 aliphatic rings. The first-order valence-electron chi connectivity index (χ1n) is 6.32. The molecule has 1 aromatic carbocycles. The summed E-state index contributed by atoms with van der Waals surface area (Å²) in [7, 11) is 0. The number of fused-ring (bicyclic) bond motifs is 1. The number of hydrogen-bond acceptors (Lipinski definition) is 3. The molecule has 0 aliphatic carbocycles. The van der Waals surface area contributed by atoms with Crippen molar-refractivity contribution < 1.29 is 9.47 Å². The minimum Gasteiger partial charge on any atom is -0.449 e. The van der Waals surface area contributed by atoms with Gasteiger partial charge in [-0.1, -0.05) is 13.8 Å². The molecule has 94 valence electrons. The fraction of sp³-hybridized carbons (Fsp3) is 0.571. The van der Waals surface area contributed by atoms with Crippen molar-refractivity contribution >= 4 is 5.69 Å². The normalized spacial score (nSPS) is 16.3. The third kappa shape index (κ3) is 2.65. The molecule has 1 aromatic rings. The van der Waals surface area contributed by atoms with Gasteiger partial charge in [0.1, 0.15) is 0 Å². The maximum Gasteiger partial charge on any atom is 0.246 e. The van der Waals surface area contributed by atoms with Gasteiger partial charge < -0.3 is 14.8 Å². The summed E-state index contributed by atoms with van der Waals surface area (Å²) in [5.41, 5.74) is 1.10. The summed E-state index contributed by atoms with van der Waals surface area (Å²) in [5.74, 6) is 1.10. The van der Waals surface area contributed by atoms with Gasteiger partial charge >= 0.3 is 0 Å². The molecule has 0 fully saturated rings. The molecule has 0 saturated carbocycles. The highest BCUT2D eigenvalue weighted by atomic mass is 16.7. The zero-order valence-corrected chi connectivity index (χ0v) is 11.0. The molecule has 0 bridgehead atoms. The maximum absolute atomic E-state index is 5.72. The van der Waals surface area contributed by atoms with Crippen LogP contribution in [0.5, 0.6) is 11.5 Å². The SMILES string of the molecule is CCC(CC)Nc1ccc2c(c1)OC(C)(C)O2. The van der Waals surface area contributed by atoms with Crippen molar-refractivity contribution in [1.82, 2.24) is 0 Å². The number of anilines is 1. The van der Waals surface area contributed by atoms with E-state index in [-0.39, 0.29) is 0 Å². The van der Waals surface area contributed by atoms with E-state index in [4.69, 9.17) is 9.47 Å². The van der Waals surface area contributed by atoms with Gasteiger partial charge in [0.25, 0.3) is 0 Å². The third-order valence-electron chi connectivity index (χ3n) is 3.01. The van der Waals surface area contributed by atoms with Crippen LogP contribution in [0.3, 0.4) is 0 Å². The van der Waals surface area contributed by atoms with Crippen LogP contribution in [0.25, 0.3) is 0 Å². The molecule has 0 unspecified atom stereocenters. The van der Waals surface area contributed by atoms with E-state index in [1.807, 2.05) is 32.0 Å². The van der Waals surface area contributed by atoms with E-state index < -0.39 is 5.79 Å². The highest BCUT2D eigenvalue weighted by molar-refractivity contribution is 5.56. The molecule has 3 heteroatoms. The number of benzene rings is 1. The Morgan fingerprint density at radius 2 is 1.76 bits per heavy atom. The summed E-state index contributed by atoms with van der Waals surface area (Å²) in [6, 6.07) is 6.54. The van der Waals surface area contributed by atoms with Gasteiger partial charge in [-0.05, 0) is 25.0 Å². The van der Waals surface area contributed by atoms with E-state index >= 15 is 0 Å². The Bertz CT molecular complexity index is 397. The molecule has 1 aliphatic heterocycles. The van der Waals surface area contributed by atoms with E-state index in [2.05, 4.69) is 19.2 Å². The first-order chi connectivity index (χ1) is 8.04. The van der Waals surface area contributed by atoms with Gasteiger partial charge in [0.05, 0.1) is 0 Å². The highest BCUT2D eigenvalue weighted by Gasteiger charge is 2.31. The van der Waals surface area contributed by atoms with Gasteiger partial charge in [-0.25, -0.2) is 0 Å². The van der Waals surface area contributed by atoms with Crippen molar-refractivity contribution in [3.63, 3.8) is 0 Å². The number of hydrogen-bond donors (Lipinski definition) is 1. The number of nitrogens with one attached hydrogen (secondary N) is 1. The lowest BCUT2D eigenvalue weighted by atomic mass is 10.1. The Kier molecular flexibility index (Phi) is 3.18. The Balaban J connectivity index is 2.13. The molecule has 0 radical (unpaired) electrons. The van der Waals surface area contributed by atoms with Crippen LogP contribution >= 0.6 is 0 Å². The standard InChI is InChI=1S/C14H21NO2/c1-5-10(6-2)15-11-7-8-12-13(9-11)17-14(3,4)16-12/h7-10,15H,5-6H2,1-4H3. The third-order valence-corrected chi connectivity index (χ3v) is 3.01. The van der Waals surface area contributed by atoms with E-state index in [1.165, 1.54) is 0 Å². The second kappa shape index (κ2) is 4.47. The summed E-state index contributed by atoms with van der Waals surface area (Å²) in [6.45, 7) is 8.22. The molecule has 1 heterocycles. The van der Waals surface area contributed by atoms with Crippen molar-refractivity contribution in [1.29, 1.82) is 0 Å². The van der Waals surface area contributed by atoms with E-state index in [0.29, 0.717) is 6.04 Å². The summed E-state index contributed by atoms with van der Waals surface area (Å²) >= 11 is 0. The predicted octanol–water partition coefficient (Wildman–Crippen LogP) is 3.79. The van der Waals surface area contributed by atoms with Gasteiger partial charge in [-0.15, -0.1) is 0 Å². The fourth-order valence-corrected chi connectivity index (χ4v) is 2.04. The van der Waals surface area contributed by atoms with Crippen LogP contribution < -0.4 is 14.8 Å². The van der Waals surface area contributed by atoms with Gasteiger partial charge in [-0.3, -0.25) is 0 Å². The Labute approximate surface area is 103 Å². The Morgan fingerprint density at radius 3 is 2.41 bits per heavy atom. The first-order valence-corrected chi connectivity index (χ1v) is 6.32. The van der Waals surface area contributed by atoms with Crippen molar-refractivity contribution in [2.75, 3.05) is 5.32 Å². The summed E-state index contributed by atoms with van der Waals surface area (Å²) in [4.78, 5) is 0. The highest BCUT2D eigenvalue weighted by Crippen LogP contribution is 2.40. The molecule has 2 rings (SSSR count). The van der Waals surface area contributed by atoms with Crippen LogP contribution in [0.2, 0.25) is 0 Å². The van der Waals surface area contributed by atoms with Crippen LogP contribution in [0, 0.1) is 0 Å². The topological polar surface area (TPSA) is 30.5 Å². The molecule has 0 saturated heterocycles. The second-order valence-corrected chi connectivity index (χ2v) is 4.92. The number of ether oxygens (including phenoxy) is 2. The predicted molar refractivity (Wildman–Crippen MR) is 69.8 cm³/mol. The van der Waals surface area contributed by atoms with Crippen LogP contribution in [0.4, 0.5) is 5.69 Å². The van der Waals surface area contributed by atoms with E-state index in [9.17, 15) is 0 Å². The first kappa shape index (κ1) is 12.1. The summed E-state index contributed by atoms with van der Waals surface area (Å²) in [5, 5.41) is 3.50. The van der Waals surface area contributed by atoms with Gasteiger partial charge in [-0.2, -0.15) is 0 Å². The Morgan fingerprint density at radius 1 is 1.12 bits per heavy atom. The number of rotatable bonds is 4. The molecule has 3 nitrogen and oxygen atoms in total. The van der Waals surface area contributed by atoms with Crippen LogP contribution in [0.1, 0.15) is 40.5 Å². The fourth-order valence-electron chi connectivity index (χ4n) is 2.04. The van der Waals surface area contributed by atoms with Crippen LogP contribution in [0.15, 0.2) is 18.2 Å². The zero-order chi connectivity index (χ0) is 12.5. The average Bonchev–Trinajstić information content (AvgIpc) is 2.58. The molecular formula is C14H21NO2. The van der Waals surface area contributed by atoms with Crippen molar-refractivity contribution in [3.8, 4) is 11.5 Å². The van der Waals surface area contributed by atoms with Gasteiger partial charge in [0, 0.05) is 31.6 Å². The Hall–Kier alpha value is -1.38. The summed E-state index contributed by atoms with van der Waals surface area (Å²) < 4.78 is 11.4. The zero-order valence-electron chi connectivity index (χ0n) is 11.0. The average molecular weight is 235 g/mol. The largest absolute Gasteiger partial charge is 0.449 e.